The third kappa shape index (κ3) is 3.63. The van der Waals surface area contributed by atoms with Crippen molar-refractivity contribution in [2.45, 2.75) is 39.1 Å². The second kappa shape index (κ2) is 8.41. The van der Waals surface area contributed by atoms with Gasteiger partial charge < -0.3 is 10.2 Å². The molecule has 0 atom stereocenters. The highest BCUT2D eigenvalue weighted by Gasteiger charge is 2.26. The van der Waals surface area contributed by atoms with Crippen molar-refractivity contribution in [1.29, 1.82) is 0 Å². The minimum atomic E-state index is -3.80. The molecule has 0 unspecified atom stereocenters. The number of phenols is 1. The monoisotopic (exact) mass is 431 g/mol. The highest BCUT2D eigenvalue weighted by atomic mass is 32.2. The smallest absolute Gasteiger partial charge is 0.243 e. The van der Waals surface area contributed by atoms with Gasteiger partial charge in [0.2, 0.25) is 15.9 Å². The van der Waals surface area contributed by atoms with Crippen molar-refractivity contribution in [2.24, 2.45) is 10.2 Å². The van der Waals surface area contributed by atoms with E-state index in [1.165, 1.54) is 15.1 Å². The lowest BCUT2D eigenvalue weighted by atomic mass is 10.1. The summed E-state index contributed by atoms with van der Waals surface area (Å²) < 4.78 is 28.9. The Hall–Kier alpha value is -2.98. The van der Waals surface area contributed by atoms with E-state index in [1.807, 2.05) is 6.92 Å². The molecule has 0 saturated carbocycles. The molecule has 0 spiro atoms. The first-order valence-electron chi connectivity index (χ1n) is 9.69. The van der Waals surface area contributed by atoms with Gasteiger partial charge in [-0.1, -0.05) is 38.1 Å². The molecular formula is C20H25N5O4S. The molecular weight excluding hydrogens is 406 g/mol. The summed E-state index contributed by atoms with van der Waals surface area (Å²) in [5.74, 6) is -0.438. The van der Waals surface area contributed by atoms with E-state index >= 15 is 0 Å². The van der Waals surface area contributed by atoms with Crippen LogP contribution in [0.1, 0.15) is 26.5 Å². The summed E-state index contributed by atoms with van der Waals surface area (Å²) in [7, 11) is -3.80. The zero-order chi connectivity index (χ0) is 22.1. The topological polar surface area (TPSA) is 120 Å². The molecule has 3 rings (SSSR count). The van der Waals surface area contributed by atoms with Crippen LogP contribution in [-0.2, 0) is 16.6 Å². The van der Waals surface area contributed by atoms with Crippen LogP contribution < -0.4 is 0 Å². The maximum Gasteiger partial charge on any atom is 0.243 e. The molecule has 2 N–H and O–H groups in total. The maximum absolute atomic E-state index is 13.1. The fraction of sp³-hybridized carbons (Fsp3) is 0.350. The summed E-state index contributed by atoms with van der Waals surface area (Å²) in [5, 5.41) is 34.1. The van der Waals surface area contributed by atoms with Crippen molar-refractivity contribution < 1.29 is 18.6 Å². The number of aryl methyl sites for hydroxylation is 2. The maximum atomic E-state index is 13.1. The zero-order valence-corrected chi connectivity index (χ0v) is 18.2. The van der Waals surface area contributed by atoms with Crippen LogP contribution in [0.4, 0.5) is 11.4 Å². The summed E-state index contributed by atoms with van der Waals surface area (Å²) in [6.45, 7) is 8.15. The molecule has 10 heteroatoms. The van der Waals surface area contributed by atoms with Gasteiger partial charge in [0.05, 0.1) is 10.6 Å². The number of fused-ring (bicyclic) bond motifs is 1. The van der Waals surface area contributed by atoms with Crippen LogP contribution in [0.3, 0.4) is 0 Å². The molecule has 3 aromatic rings. The third-order valence-electron chi connectivity index (χ3n) is 4.90. The van der Waals surface area contributed by atoms with Gasteiger partial charge in [-0.3, -0.25) is 0 Å². The van der Waals surface area contributed by atoms with E-state index in [0.717, 1.165) is 0 Å². The summed E-state index contributed by atoms with van der Waals surface area (Å²) in [4.78, 5) is 0.0103. The Morgan fingerprint density at radius 3 is 2.20 bits per heavy atom. The van der Waals surface area contributed by atoms with E-state index in [4.69, 9.17) is 0 Å². The third-order valence-corrected chi connectivity index (χ3v) is 6.99. The van der Waals surface area contributed by atoms with Crippen LogP contribution in [-0.4, -0.2) is 45.8 Å². The summed E-state index contributed by atoms with van der Waals surface area (Å²) in [6, 6.07) is 8.00. The highest BCUT2D eigenvalue weighted by molar-refractivity contribution is 7.89. The molecule has 0 radical (unpaired) electrons. The van der Waals surface area contributed by atoms with Crippen molar-refractivity contribution in [3.05, 3.63) is 36.0 Å². The molecule has 9 nitrogen and oxygen atoms in total. The number of aromatic hydroxyl groups is 2. The number of hydrogen-bond donors (Lipinski definition) is 2. The average Bonchev–Trinajstić information content (AvgIpc) is 3.00. The van der Waals surface area contributed by atoms with E-state index in [0.29, 0.717) is 36.1 Å². The molecule has 0 fully saturated rings. The Labute approximate surface area is 175 Å². The lowest BCUT2D eigenvalue weighted by Crippen LogP contribution is -2.30. The summed E-state index contributed by atoms with van der Waals surface area (Å²) >= 11 is 0. The van der Waals surface area contributed by atoms with Crippen molar-refractivity contribution in [3.63, 3.8) is 0 Å². The number of hydrogen-bond acceptors (Lipinski definition) is 7. The number of azo groups is 1. The van der Waals surface area contributed by atoms with Gasteiger partial charge in [-0.05, 0) is 13.8 Å². The first kappa shape index (κ1) is 21.7. The second-order valence-electron chi connectivity index (χ2n) is 6.65. The SMILES string of the molecule is CCN(CC)S(=O)(=O)c1cc(O)c(N=Nc2c(C)nn(CC)c2O)c2ccccc12. The normalized spacial score (nSPS) is 12.4. The molecule has 30 heavy (non-hydrogen) atoms. The number of benzene rings is 2. The van der Waals surface area contributed by atoms with Crippen LogP contribution in [0.2, 0.25) is 0 Å². The first-order valence-corrected chi connectivity index (χ1v) is 11.1. The molecule has 160 valence electrons. The minimum absolute atomic E-state index is 0.0103. The molecule has 0 amide bonds. The fourth-order valence-electron chi connectivity index (χ4n) is 3.33. The van der Waals surface area contributed by atoms with Gasteiger partial charge in [0, 0.05) is 36.5 Å². The zero-order valence-electron chi connectivity index (χ0n) is 17.4. The molecule has 0 aliphatic carbocycles. The Morgan fingerprint density at radius 2 is 1.63 bits per heavy atom. The van der Waals surface area contributed by atoms with Crippen molar-refractivity contribution >= 4 is 32.2 Å². The Kier molecular flexibility index (Phi) is 6.09. The minimum Gasteiger partial charge on any atom is -0.506 e. The second-order valence-corrected chi connectivity index (χ2v) is 8.56. The number of sulfonamides is 1. The molecule has 0 aliphatic heterocycles. The predicted octanol–water partition coefficient (Wildman–Crippen LogP) is 4.22. The summed E-state index contributed by atoms with van der Waals surface area (Å²) in [5.41, 5.74) is 0.801. The summed E-state index contributed by atoms with van der Waals surface area (Å²) in [6.07, 6.45) is 0. The van der Waals surface area contributed by atoms with Crippen LogP contribution in [0.15, 0.2) is 45.5 Å². The molecule has 1 heterocycles. The Balaban J connectivity index is 2.20. The number of rotatable bonds is 7. The van der Waals surface area contributed by atoms with E-state index in [9.17, 15) is 18.6 Å². The van der Waals surface area contributed by atoms with Gasteiger partial charge >= 0.3 is 0 Å². The molecule has 2 aromatic carbocycles. The lowest BCUT2D eigenvalue weighted by Gasteiger charge is -2.20. The van der Waals surface area contributed by atoms with Gasteiger partial charge in [0.25, 0.3) is 0 Å². The van der Waals surface area contributed by atoms with E-state index < -0.39 is 10.0 Å². The Morgan fingerprint density at radius 1 is 1.03 bits per heavy atom. The highest BCUT2D eigenvalue weighted by Crippen LogP contribution is 2.41. The first-order chi connectivity index (χ1) is 14.3. The molecule has 0 aliphatic rings. The van der Waals surface area contributed by atoms with Gasteiger partial charge in [0.15, 0.2) is 5.69 Å². The Bertz CT molecular complexity index is 1210. The molecule has 1 aromatic heterocycles. The largest absolute Gasteiger partial charge is 0.506 e. The van der Waals surface area contributed by atoms with Gasteiger partial charge in [-0.2, -0.15) is 9.40 Å². The number of aromatic nitrogens is 2. The standard InChI is InChI=1S/C20H25N5O4S/c1-5-24(6-2)30(28,29)17-12-16(26)19(15-11-9-8-10-14(15)17)22-21-18-13(4)23-25(7-3)20(18)27/h8-12,26-27H,5-7H2,1-4H3. The molecule has 0 bridgehead atoms. The van der Waals surface area contributed by atoms with E-state index in [1.54, 1.807) is 45.0 Å². The van der Waals surface area contributed by atoms with Crippen molar-refractivity contribution in [1.82, 2.24) is 14.1 Å². The fourth-order valence-corrected chi connectivity index (χ4v) is 5.01. The van der Waals surface area contributed by atoms with E-state index in [-0.39, 0.29) is 27.9 Å². The van der Waals surface area contributed by atoms with Crippen LogP contribution >= 0.6 is 0 Å². The van der Waals surface area contributed by atoms with Crippen LogP contribution in [0, 0.1) is 6.92 Å². The number of phenolic OH excluding ortho intramolecular Hbond substituents is 1. The van der Waals surface area contributed by atoms with Gasteiger partial charge in [-0.25, -0.2) is 13.1 Å². The van der Waals surface area contributed by atoms with Gasteiger partial charge in [-0.15, -0.1) is 10.2 Å². The van der Waals surface area contributed by atoms with E-state index in [2.05, 4.69) is 15.3 Å². The van der Waals surface area contributed by atoms with Crippen LogP contribution in [0.5, 0.6) is 11.6 Å². The molecule has 0 saturated heterocycles. The lowest BCUT2D eigenvalue weighted by molar-refractivity contribution is 0.406. The average molecular weight is 432 g/mol. The quantitative estimate of drug-likeness (QED) is 0.543. The van der Waals surface area contributed by atoms with Crippen LogP contribution in [0.25, 0.3) is 10.8 Å². The predicted molar refractivity (Wildman–Crippen MR) is 114 cm³/mol. The van der Waals surface area contributed by atoms with Crippen molar-refractivity contribution in [3.8, 4) is 11.6 Å². The number of nitrogens with zero attached hydrogens (tertiary/aromatic N) is 5. The van der Waals surface area contributed by atoms with Gasteiger partial charge in [0.1, 0.15) is 11.4 Å². The van der Waals surface area contributed by atoms with Crippen molar-refractivity contribution in [2.75, 3.05) is 13.1 Å².